The second-order valence-corrected chi connectivity index (χ2v) is 4.52. The Hall–Kier alpha value is -2.96. The van der Waals surface area contributed by atoms with Crippen molar-refractivity contribution in [3.8, 4) is 5.69 Å². The van der Waals surface area contributed by atoms with E-state index in [4.69, 9.17) is 4.52 Å². The zero-order valence-corrected chi connectivity index (χ0v) is 11.4. The lowest BCUT2D eigenvalue weighted by Gasteiger charge is -2.05. The minimum absolute atomic E-state index is 0.147. The number of nitrogens with zero attached hydrogens (tertiary/aromatic N) is 4. The number of carbonyl (C=O) groups is 1. The molecule has 1 amide bonds. The van der Waals surface area contributed by atoms with E-state index >= 15 is 0 Å². The Balaban J connectivity index is 1.74. The predicted octanol–water partition coefficient (Wildman–Crippen LogP) is 1.74. The van der Waals surface area contributed by atoms with E-state index in [0.29, 0.717) is 17.3 Å². The molecule has 0 spiro atoms. The predicted molar refractivity (Wildman–Crippen MR) is 74.9 cm³/mol. The van der Waals surface area contributed by atoms with Crippen molar-refractivity contribution < 1.29 is 9.32 Å². The van der Waals surface area contributed by atoms with Gasteiger partial charge >= 0.3 is 0 Å². The van der Waals surface area contributed by atoms with E-state index in [1.54, 1.807) is 23.9 Å². The molecule has 7 heteroatoms. The van der Waals surface area contributed by atoms with Gasteiger partial charge in [-0.05, 0) is 19.1 Å². The lowest BCUT2D eigenvalue weighted by Crippen LogP contribution is -2.17. The van der Waals surface area contributed by atoms with Crippen molar-refractivity contribution in [2.45, 2.75) is 13.3 Å². The molecule has 106 valence electrons. The number of nitrogens with one attached hydrogen (secondary N) is 1. The van der Waals surface area contributed by atoms with Crippen molar-refractivity contribution >= 4 is 11.7 Å². The number of carbonyl (C=O) groups excluding carboxylic acids is 1. The van der Waals surface area contributed by atoms with Crippen molar-refractivity contribution in [1.29, 1.82) is 0 Å². The molecule has 2 aromatic heterocycles. The van der Waals surface area contributed by atoms with Crippen LogP contribution in [-0.4, -0.2) is 26.1 Å². The molecule has 0 radical (unpaired) electrons. The summed E-state index contributed by atoms with van der Waals surface area (Å²) in [4.78, 5) is 12.0. The van der Waals surface area contributed by atoms with Crippen LogP contribution in [0.25, 0.3) is 5.69 Å². The highest BCUT2D eigenvalue weighted by Crippen LogP contribution is 2.11. The first-order chi connectivity index (χ1) is 10.2. The summed E-state index contributed by atoms with van der Waals surface area (Å²) in [7, 11) is 0. The van der Waals surface area contributed by atoms with Gasteiger partial charge in [-0.2, -0.15) is 0 Å². The summed E-state index contributed by atoms with van der Waals surface area (Å²) >= 11 is 0. The van der Waals surface area contributed by atoms with Crippen molar-refractivity contribution in [3.63, 3.8) is 0 Å². The quantitative estimate of drug-likeness (QED) is 0.788. The number of hydrogen-bond donors (Lipinski definition) is 1. The van der Waals surface area contributed by atoms with Crippen LogP contribution in [0.5, 0.6) is 0 Å². The molecule has 0 saturated heterocycles. The summed E-state index contributed by atoms with van der Waals surface area (Å²) < 4.78 is 6.53. The molecule has 0 bridgehead atoms. The highest BCUT2D eigenvalue weighted by atomic mass is 16.5. The maximum Gasteiger partial charge on any atom is 0.231 e. The van der Waals surface area contributed by atoms with Gasteiger partial charge in [0.05, 0.1) is 24.0 Å². The van der Waals surface area contributed by atoms with Crippen molar-refractivity contribution in [2.75, 3.05) is 5.32 Å². The highest BCUT2D eigenvalue weighted by Gasteiger charge is 2.12. The van der Waals surface area contributed by atoms with Gasteiger partial charge in [-0.3, -0.25) is 4.79 Å². The molecule has 2 heterocycles. The van der Waals surface area contributed by atoms with Crippen LogP contribution < -0.4 is 5.32 Å². The van der Waals surface area contributed by atoms with Crippen LogP contribution >= 0.6 is 0 Å². The Bertz CT molecular complexity index is 748. The molecule has 0 aliphatic heterocycles. The first kappa shape index (κ1) is 13.0. The van der Waals surface area contributed by atoms with Crippen LogP contribution in [0, 0.1) is 6.92 Å². The molecule has 3 aromatic rings. The largest absolute Gasteiger partial charge is 0.360 e. The average molecular weight is 283 g/mol. The van der Waals surface area contributed by atoms with Crippen molar-refractivity contribution in [1.82, 2.24) is 20.2 Å². The average Bonchev–Trinajstić information content (AvgIpc) is 3.09. The second-order valence-electron chi connectivity index (χ2n) is 4.52. The van der Waals surface area contributed by atoms with Gasteiger partial charge in [-0.25, -0.2) is 4.68 Å². The van der Waals surface area contributed by atoms with Gasteiger partial charge in [0.25, 0.3) is 0 Å². The fraction of sp³-hybridized carbons (Fsp3) is 0.143. The number of aromatic nitrogens is 4. The summed E-state index contributed by atoms with van der Waals surface area (Å²) in [6, 6.07) is 11.2. The van der Waals surface area contributed by atoms with E-state index in [0.717, 1.165) is 5.69 Å². The molecule has 21 heavy (non-hydrogen) atoms. The Morgan fingerprint density at radius 3 is 2.86 bits per heavy atom. The number of benzene rings is 1. The van der Waals surface area contributed by atoms with E-state index in [2.05, 4.69) is 20.8 Å². The van der Waals surface area contributed by atoms with Crippen LogP contribution in [0.15, 0.2) is 47.1 Å². The molecule has 0 saturated carbocycles. The molecule has 0 atom stereocenters. The van der Waals surface area contributed by atoms with E-state index in [1.165, 1.54) is 0 Å². The first-order valence-electron chi connectivity index (χ1n) is 6.40. The molecular weight excluding hydrogens is 270 g/mol. The van der Waals surface area contributed by atoms with Gasteiger partial charge in [0.1, 0.15) is 5.76 Å². The molecule has 0 unspecified atom stereocenters. The summed E-state index contributed by atoms with van der Waals surface area (Å²) in [5.41, 5.74) is 1.55. The molecule has 1 N–H and O–H groups in total. The SMILES string of the molecule is Cc1cc(NC(=O)Cc2cnnn2-c2ccccc2)no1. The molecule has 0 aliphatic carbocycles. The van der Waals surface area contributed by atoms with Crippen LogP contribution in [-0.2, 0) is 11.2 Å². The Morgan fingerprint density at radius 2 is 2.14 bits per heavy atom. The lowest BCUT2D eigenvalue weighted by atomic mass is 10.2. The standard InChI is InChI=1S/C14H13N5O2/c1-10-7-13(17-21-10)16-14(20)8-12-9-15-18-19(12)11-5-3-2-4-6-11/h2-7,9H,8H2,1H3,(H,16,17,20). The summed E-state index contributed by atoms with van der Waals surface area (Å²) in [6.07, 6.45) is 1.72. The Labute approximate surface area is 120 Å². The molecule has 7 nitrogen and oxygen atoms in total. The van der Waals surface area contributed by atoms with Gasteiger partial charge in [0, 0.05) is 6.07 Å². The van der Waals surface area contributed by atoms with Crippen LogP contribution in [0.1, 0.15) is 11.5 Å². The number of aryl methyl sites for hydroxylation is 1. The summed E-state index contributed by atoms with van der Waals surface area (Å²) in [5.74, 6) is 0.834. The monoisotopic (exact) mass is 283 g/mol. The zero-order chi connectivity index (χ0) is 14.7. The van der Waals surface area contributed by atoms with Crippen molar-refractivity contribution in [3.05, 3.63) is 54.0 Å². The van der Waals surface area contributed by atoms with Gasteiger partial charge < -0.3 is 9.84 Å². The first-order valence-corrected chi connectivity index (χ1v) is 6.40. The van der Waals surface area contributed by atoms with Gasteiger partial charge in [-0.15, -0.1) is 5.10 Å². The maximum atomic E-state index is 12.0. The van der Waals surface area contributed by atoms with E-state index in [-0.39, 0.29) is 12.3 Å². The minimum atomic E-state index is -0.206. The molecule has 0 aliphatic rings. The lowest BCUT2D eigenvalue weighted by molar-refractivity contribution is -0.115. The van der Waals surface area contributed by atoms with Crippen LogP contribution in [0.4, 0.5) is 5.82 Å². The third-order valence-electron chi connectivity index (χ3n) is 2.86. The third-order valence-corrected chi connectivity index (χ3v) is 2.86. The van der Waals surface area contributed by atoms with E-state index in [1.807, 2.05) is 30.3 Å². The second kappa shape index (κ2) is 5.58. The topological polar surface area (TPSA) is 85.8 Å². The Morgan fingerprint density at radius 1 is 1.33 bits per heavy atom. The molecular formula is C14H13N5O2. The summed E-state index contributed by atoms with van der Waals surface area (Å²) in [5, 5.41) is 14.3. The van der Waals surface area contributed by atoms with Crippen molar-refractivity contribution in [2.24, 2.45) is 0 Å². The molecule has 1 aromatic carbocycles. The van der Waals surface area contributed by atoms with Crippen LogP contribution in [0.2, 0.25) is 0 Å². The number of hydrogen-bond acceptors (Lipinski definition) is 5. The van der Waals surface area contributed by atoms with Gasteiger partial charge in [-0.1, -0.05) is 28.6 Å². The zero-order valence-electron chi connectivity index (χ0n) is 11.4. The fourth-order valence-electron chi connectivity index (χ4n) is 1.94. The maximum absolute atomic E-state index is 12.0. The van der Waals surface area contributed by atoms with Gasteiger partial charge in [0.15, 0.2) is 5.82 Å². The normalized spacial score (nSPS) is 10.5. The third kappa shape index (κ3) is 2.97. The number of rotatable bonds is 4. The highest BCUT2D eigenvalue weighted by molar-refractivity contribution is 5.91. The summed E-state index contributed by atoms with van der Waals surface area (Å²) in [6.45, 7) is 1.76. The Kier molecular flexibility index (Phi) is 3.46. The van der Waals surface area contributed by atoms with Gasteiger partial charge in [0.2, 0.25) is 5.91 Å². The van der Waals surface area contributed by atoms with E-state index in [9.17, 15) is 4.79 Å². The minimum Gasteiger partial charge on any atom is -0.360 e. The van der Waals surface area contributed by atoms with Crippen LogP contribution in [0.3, 0.4) is 0 Å². The molecule has 3 rings (SSSR count). The smallest absolute Gasteiger partial charge is 0.231 e. The van der Waals surface area contributed by atoms with E-state index < -0.39 is 0 Å². The number of anilines is 1. The number of amides is 1. The number of para-hydroxylation sites is 1. The molecule has 0 fully saturated rings. The fourth-order valence-corrected chi connectivity index (χ4v) is 1.94.